The van der Waals surface area contributed by atoms with Crippen molar-refractivity contribution in [3.05, 3.63) is 59.7 Å². The molecule has 0 spiro atoms. The zero-order chi connectivity index (χ0) is 14.4. The van der Waals surface area contributed by atoms with Crippen molar-refractivity contribution < 1.29 is 9.53 Å². The second-order valence-corrected chi connectivity index (χ2v) is 4.18. The van der Waals surface area contributed by atoms with E-state index >= 15 is 0 Å². The summed E-state index contributed by atoms with van der Waals surface area (Å²) >= 11 is 0. The van der Waals surface area contributed by atoms with Crippen LogP contribution in [0.2, 0.25) is 0 Å². The van der Waals surface area contributed by atoms with Crippen molar-refractivity contribution >= 4 is 11.6 Å². The quantitative estimate of drug-likeness (QED) is 0.573. The Hall–Kier alpha value is -2.53. The number of nitrogens with two attached hydrogens (primary N) is 1. The Bertz CT molecular complexity index is 599. The number of carbonyl (C=O) groups excluding carboxylic acids is 1. The molecule has 2 rings (SSSR count). The number of hydrogen-bond donors (Lipinski definition) is 3. The summed E-state index contributed by atoms with van der Waals surface area (Å²) in [5.41, 5.74) is 4.52. The first-order valence-electron chi connectivity index (χ1n) is 6.22. The molecule has 4 N–H and O–H groups in total. The van der Waals surface area contributed by atoms with Crippen molar-refractivity contribution in [2.75, 3.05) is 12.5 Å². The largest absolute Gasteiger partial charge is 0.496 e. The number of rotatable bonds is 5. The maximum Gasteiger partial charge on any atom is 0.253 e. The Morgan fingerprint density at radius 1 is 1.15 bits per heavy atom. The van der Waals surface area contributed by atoms with E-state index in [9.17, 15) is 4.79 Å². The Morgan fingerprint density at radius 3 is 2.60 bits per heavy atom. The SMILES string of the molecule is COc1ccccc1CNC(=O)c1ccccc1NN. The molecule has 1 amide bonds. The molecule has 2 aromatic carbocycles. The normalized spacial score (nSPS) is 9.90. The molecule has 5 heteroatoms. The number of hydrazine groups is 1. The molecular formula is C15H17N3O2. The molecule has 0 aliphatic heterocycles. The Labute approximate surface area is 117 Å². The molecule has 0 aliphatic rings. The maximum atomic E-state index is 12.1. The van der Waals surface area contributed by atoms with E-state index in [0.717, 1.165) is 11.3 Å². The third-order valence-corrected chi connectivity index (χ3v) is 2.96. The van der Waals surface area contributed by atoms with Crippen LogP contribution in [0.25, 0.3) is 0 Å². The molecule has 0 atom stereocenters. The van der Waals surface area contributed by atoms with Crippen LogP contribution < -0.4 is 21.3 Å². The van der Waals surface area contributed by atoms with Crippen molar-refractivity contribution in [3.8, 4) is 5.75 Å². The summed E-state index contributed by atoms with van der Waals surface area (Å²) in [5, 5.41) is 2.85. The fourth-order valence-corrected chi connectivity index (χ4v) is 1.93. The number of methoxy groups -OCH3 is 1. The summed E-state index contributed by atoms with van der Waals surface area (Å²) in [5.74, 6) is 5.95. The van der Waals surface area contributed by atoms with E-state index < -0.39 is 0 Å². The van der Waals surface area contributed by atoms with Gasteiger partial charge in [-0.3, -0.25) is 10.6 Å². The van der Waals surface area contributed by atoms with E-state index in [1.807, 2.05) is 30.3 Å². The molecule has 0 fully saturated rings. The van der Waals surface area contributed by atoms with Gasteiger partial charge in [0.25, 0.3) is 5.91 Å². The van der Waals surface area contributed by atoms with E-state index in [4.69, 9.17) is 10.6 Å². The highest BCUT2D eigenvalue weighted by Gasteiger charge is 2.10. The van der Waals surface area contributed by atoms with Gasteiger partial charge in [0.05, 0.1) is 18.4 Å². The van der Waals surface area contributed by atoms with E-state index in [2.05, 4.69) is 10.7 Å². The van der Waals surface area contributed by atoms with Gasteiger partial charge in [-0.05, 0) is 18.2 Å². The van der Waals surface area contributed by atoms with Gasteiger partial charge in [-0.25, -0.2) is 0 Å². The lowest BCUT2D eigenvalue weighted by molar-refractivity contribution is 0.0951. The van der Waals surface area contributed by atoms with Gasteiger partial charge in [0.1, 0.15) is 5.75 Å². The first-order valence-corrected chi connectivity index (χ1v) is 6.22. The second kappa shape index (κ2) is 6.58. The van der Waals surface area contributed by atoms with Gasteiger partial charge < -0.3 is 15.5 Å². The third-order valence-electron chi connectivity index (χ3n) is 2.96. The summed E-state index contributed by atoms with van der Waals surface area (Å²) in [6, 6.07) is 14.6. The molecule has 5 nitrogen and oxygen atoms in total. The van der Waals surface area contributed by atoms with E-state index in [0.29, 0.717) is 17.8 Å². The molecule has 2 aromatic rings. The lowest BCUT2D eigenvalue weighted by atomic mass is 10.1. The fraction of sp³-hybridized carbons (Fsp3) is 0.133. The van der Waals surface area contributed by atoms with Crippen molar-refractivity contribution in [2.45, 2.75) is 6.54 Å². The molecular weight excluding hydrogens is 254 g/mol. The van der Waals surface area contributed by atoms with E-state index in [1.54, 1.807) is 25.3 Å². The molecule has 0 saturated heterocycles. The molecule has 0 saturated carbocycles. The van der Waals surface area contributed by atoms with Crippen LogP contribution in [-0.2, 0) is 6.54 Å². The Morgan fingerprint density at radius 2 is 1.85 bits per heavy atom. The maximum absolute atomic E-state index is 12.1. The highest BCUT2D eigenvalue weighted by Crippen LogP contribution is 2.18. The van der Waals surface area contributed by atoms with Crippen LogP contribution in [0.5, 0.6) is 5.75 Å². The van der Waals surface area contributed by atoms with Crippen LogP contribution >= 0.6 is 0 Å². The minimum atomic E-state index is -0.190. The van der Waals surface area contributed by atoms with Gasteiger partial charge in [-0.1, -0.05) is 30.3 Å². The number of nitrogens with one attached hydrogen (secondary N) is 2. The Balaban J connectivity index is 2.09. The average molecular weight is 271 g/mol. The second-order valence-electron chi connectivity index (χ2n) is 4.18. The summed E-state index contributed by atoms with van der Waals surface area (Å²) in [7, 11) is 1.61. The summed E-state index contributed by atoms with van der Waals surface area (Å²) < 4.78 is 5.24. The van der Waals surface area contributed by atoms with Gasteiger partial charge in [0.2, 0.25) is 0 Å². The van der Waals surface area contributed by atoms with Crippen molar-refractivity contribution in [1.82, 2.24) is 5.32 Å². The molecule has 20 heavy (non-hydrogen) atoms. The predicted molar refractivity (Wildman–Crippen MR) is 78.4 cm³/mol. The van der Waals surface area contributed by atoms with Crippen LogP contribution in [0, 0.1) is 0 Å². The highest BCUT2D eigenvalue weighted by molar-refractivity contribution is 5.99. The molecule has 0 radical (unpaired) electrons. The summed E-state index contributed by atoms with van der Waals surface area (Å²) in [4.78, 5) is 12.1. The minimum absolute atomic E-state index is 0.190. The van der Waals surface area contributed by atoms with Crippen LogP contribution in [0.1, 0.15) is 15.9 Å². The van der Waals surface area contributed by atoms with Crippen LogP contribution in [0.15, 0.2) is 48.5 Å². The lowest BCUT2D eigenvalue weighted by Gasteiger charge is -2.11. The molecule has 0 heterocycles. The highest BCUT2D eigenvalue weighted by atomic mass is 16.5. The zero-order valence-electron chi connectivity index (χ0n) is 11.2. The monoisotopic (exact) mass is 271 g/mol. The Kier molecular flexibility index (Phi) is 4.57. The number of anilines is 1. The van der Waals surface area contributed by atoms with Gasteiger partial charge >= 0.3 is 0 Å². The number of hydrogen-bond acceptors (Lipinski definition) is 4. The molecule has 104 valence electrons. The predicted octanol–water partition coefficient (Wildman–Crippen LogP) is 1.91. The van der Waals surface area contributed by atoms with Gasteiger partial charge in [0.15, 0.2) is 0 Å². The number of para-hydroxylation sites is 2. The number of amides is 1. The van der Waals surface area contributed by atoms with E-state index in [-0.39, 0.29) is 5.91 Å². The van der Waals surface area contributed by atoms with Gasteiger partial charge in [0, 0.05) is 12.1 Å². The molecule has 0 aromatic heterocycles. The fourth-order valence-electron chi connectivity index (χ4n) is 1.93. The molecule has 0 aliphatic carbocycles. The van der Waals surface area contributed by atoms with Crippen LogP contribution in [-0.4, -0.2) is 13.0 Å². The smallest absolute Gasteiger partial charge is 0.253 e. The minimum Gasteiger partial charge on any atom is -0.496 e. The average Bonchev–Trinajstić information content (AvgIpc) is 2.52. The number of benzene rings is 2. The van der Waals surface area contributed by atoms with Crippen LogP contribution in [0.4, 0.5) is 5.69 Å². The van der Waals surface area contributed by atoms with Crippen molar-refractivity contribution in [1.29, 1.82) is 0 Å². The number of carbonyl (C=O) groups is 1. The zero-order valence-corrected chi connectivity index (χ0v) is 11.2. The standard InChI is InChI=1S/C15H17N3O2/c1-20-14-9-5-2-6-11(14)10-17-15(19)12-7-3-4-8-13(12)18-16/h2-9,18H,10,16H2,1H3,(H,17,19). The molecule has 0 bridgehead atoms. The van der Waals surface area contributed by atoms with Crippen molar-refractivity contribution in [2.24, 2.45) is 5.84 Å². The number of ether oxygens (including phenoxy) is 1. The number of nitrogen functional groups attached to an aromatic ring is 1. The van der Waals surface area contributed by atoms with Gasteiger partial charge in [-0.15, -0.1) is 0 Å². The first kappa shape index (κ1) is 13.9. The topological polar surface area (TPSA) is 76.4 Å². The molecule has 0 unspecified atom stereocenters. The third kappa shape index (κ3) is 3.07. The summed E-state index contributed by atoms with van der Waals surface area (Å²) in [6.07, 6.45) is 0. The first-order chi connectivity index (χ1) is 9.76. The van der Waals surface area contributed by atoms with Crippen LogP contribution in [0.3, 0.4) is 0 Å². The lowest BCUT2D eigenvalue weighted by Crippen LogP contribution is -2.25. The van der Waals surface area contributed by atoms with Gasteiger partial charge in [-0.2, -0.15) is 0 Å². The van der Waals surface area contributed by atoms with Crippen molar-refractivity contribution in [3.63, 3.8) is 0 Å². The van der Waals surface area contributed by atoms with E-state index in [1.165, 1.54) is 0 Å². The summed E-state index contributed by atoms with van der Waals surface area (Å²) in [6.45, 7) is 0.391.